The molecule has 3 aromatic carbocycles. The van der Waals surface area contributed by atoms with Crippen LogP contribution in [0.5, 0.6) is 0 Å². The van der Waals surface area contributed by atoms with Crippen molar-refractivity contribution in [2.24, 2.45) is 0 Å². The van der Waals surface area contributed by atoms with Crippen LogP contribution in [-0.2, 0) is 29.0 Å². The molecule has 0 aliphatic rings. The monoisotopic (exact) mass is 470 g/mol. The Balaban J connectivity index is 1.91. The zero-order valence-electron chi connectivity index (χ0n) is 21.7. The van der Waals surface area contributed by atoms with Gasteiger partial charge in [0.15, 0.2) is 0 Å². The third kappa shape index (κ3) is 8.40. The van der Waals surface area contributed by atoms with Crippen LogP contribution in [0.2, 0.25) is 0 Å². The number of benzene rings is 3. The summed E-state index contributed by atoms with van der Waals surface area (Å²) in [6.45, 7) is 10.4. The van der Waals surface area contributed by atoms with Gasteiger partial charge in [-0.15, -0.1) is 0 Å². The lowest BCUT2D eigenvalue weighted by molar-refractivity contribution is -0.141. The second-order valence-electron chi connectivity index (χ2n) is 10.4. The lowest BCUT2D eigenvalue weighted by Gasteiger charge is -2.34. The molecule has 2 amide bonds. The fourth-order valence-electron chi connectivity index (χ4n) is 4.05. The van der Waals surface area contributed by atoms with Gasteiger partial charge >= 0.3 is 0 Å². The summed E-state index contributed by atoms with van der Waals surface area (Å²) in [6.07, 6.45) is 1.45. The number of nitrogens with zero attached hydrogens (tertiary/aromatic N) is 1. The summed E-state index contributed by atoms with van der Waals surface area (Å²) in [5.74, 6) is -0.145. The van der Waals surface area contributed by atoms with E-state index in [-0.39, 0.29) is 11.8 Å². The molecule has 0 heterocycles. The molecule has 3 aromatic rings. The zero-order chi connectivity index (χ0) is 25.4. The van der Waals surface area contributed by atoms with Crippen LogP contribution in [0.25, 0.3) is 0 Å². The third-order valence-corrected chi connectivity index (χ3v) is 5.99. The van der Waals surface area contributed by atoms with Gasteiger partial charge in [0.2, 0.25) is 11.8 Å². The Bertz CT molecular complexity index is 1100. The van der Waals surface area contributed by atoms with E-state index in [1.807, 2.05) is 82.3 Å². The van der Waals surface area contributed by atoms with Gasteiger partial charge in [0.25, 0.3) is 0 Å². The summed E-state index contributed by atoms with van der Waals surface area (Å²) < 4.78 is 0. The highest BCUT2D eigenvalue weighted by atomic mass is 16.2. The van der Waals surface area contributed by atoms with Crippen molar-refractivity contribution < 1.29 is 9.59 Å². The molecule has 0 radical (unpaired) electrons. The molecule has 0 aliphatic heterocycles. The predicted molar refractivity (Wildman–Crippen MR) is 143 cm³/mol. The first kappa shape index (κ1) is 26.2. The summed E-state index contributed by atoms with van der Waals surface area (Å²) in [4.78, 5) is 29.0. The highest BCUT2D eigenvalue weighted by Gasteiger charge is 2.32. The maximum absolute atomic E-state index is 13.7. The Morgan fingerprint density at radius 2 is 1.31 bits per heavy atom. The van der Waals surface area contributed by atoms with Gasteiger partial charge in [0, 0.05) is 24.9 Å². The van der Waals surface area contributed by atoms with Crippen LogP contribution < -0.4 is 5.32 Å². The SMILES string of the molecule is Cc1ccc(CCC(=O)N(Cc2ccc(C)cc2)C(Cc2ccccc2)C(=O)NC(C)(C)C)cc1. The van der Waals surface area contributed by atoms with E-state index < -0.39 is 11.6 Å². The number of rotatable bonds is 9. The first-order valence-corrected chi connectivity index (χ1v) is 12.4. The number of aryl methyl sites for hydroxylation is 3. The number of hydrogen-bond acceptors (Lipinski definition) is 2. The van der Waals surface area contributed by atoms with Gasteiger partial charge in [0.1, 0.15) is 6.04 Å². The average molecular weight is 471 g/mol. The molecule has 0 spiro atoms. The minimum absolute atomic E-state index is 0.0175. The molecule has 3 rings (SSSR count). The molecule has 1 N–H and O–H groups in total. The zero-order valence-corrected chi connectivity index (χ0v) is 21.7. The van der Waals surface area contributed by atoms with E-state index in [4.69, 9.17) is 0 Å². The van der Waals surface area contributed by atoms with Crippen LogP contribution in [0.1, 0.15) is 55.0 Å². The van der Waals surface area contributed by atoms with Gasteiger partial charge in [-0.05, 0) is 57.7 Å². The molecule has 4 heteroatoms. The second-order valence-corrected chi connectivity index (χ2v) is 10.4. The average Bonchev–Trinajstić information content (AvgIpc) is 2.81. The van der Waals surface area contributed by atoms with E-state index in [1.54, 1.807) is 4.90 Å². The van der Waals surface area contributed by atoms with Crippen molar-refractivity contribution >= 4 is 11.8 Å². The summed E-state index contributed by atoms with van der Waals surface area (Å²) in [5, 5.41) is 3.12. The maximum atomic E-state index is 13.7. The summed E-state index contributed by atoms with van der Waals surface area (Å²) in [7, 11) is 0. The Kier molecular flexibility index (Phi) is 8.86. The topological polar surface area (TPSA) is 49.4 Å². The lowest BCUT2D eigenvalue weighted by atomic mass is 9.99. The quantitative estimate of drug-likeness (QED) is 0.430. The highest BCUT2D eigenvalue weighted by molar-refractivity contribution is 5.88. The smallest absolute Gasteiger partial charge is 0.243 e. The summed E-state index contributed by atoms with van der Waals surface area (Å²) >= 11 is 0. The number of carbonyl (C=O) groups is 2. The van der Waals surface area contributed by atoms with Crippen molar-refractivity contribution in [1.29, 1.82) is 0 Å². The number of nitrogens with one attached hydrogen (secondary N) is 1. The highest BCUT2D eigenvalue weighted by Crippen LogP contribution is 2.18. The van der Waals surface area contributed by atoms with Crippen LogP contribution in [-0.4, -0.2) is 28.3 Å². The standard InChI is InChI=1S/C31H38N2O2/c1-23-11-15-25(16-12-23)19-20-29(34)33(22-27-17-13-24(2)14-18-27)28(30(35)32-31(3,4)5)21-26-9-7-6-8-10-26/h6-18,28H,19-22H2,1-5H3,(H,32,35). The molecular weight excluding hydrogens is 432 g/mol. The minimum Gasteiger partial charge on any atom is -0.350 e. The van der Waals surface area contributed by atoms with E-state index >= 15 is 0 Å². The third-order valence-electron chi connectivity index (χ3n) is 5.99. The van der Waals surface area contributed by atoms with E-state index in [1.165, 1.54) is 5.56 Å². The number of amides is 2. The van der Waals surface area contributed by atoms with E-state index in [0.717, 1.165) is 22.3 Å². The molecule has 0 aromatic heterocycles. The van der Waals surface area contributed by atoms with E-state index in [9.17, 15) is 9.59 Å². The van der Waals surface area contributed by atoms with E-state index in [2.05, 4.69) is 36.5 Å². The first-order valence-electron chi connectivity index (χ1n) is 12.4. The molecule has 0 bridgehead atoms. The Morgan fingerprint density at radius 1 is 0.771 bits per heavy atom. The normalized spacial score (nSPS) is 12.1. The molecule has 35 heavy (non-hydrogen) atoms. The number of carbonyl (C=O) groups excluding carboxylic acids is 2. The lowest BCUT2D eigenvalue weighted by Crippen LogP contribution is -2.54. The largest absolute Gasteiger partial charge is 0.350 e. The predicted octanol–water partition coefficient (Wildman–Crippen LogP) is 5.79. The molecule has 4 nitrogen and oxygen atoms in total. The van der Waals surface area contributed by atoms with E-state index in [0.29, 0.717) is 25.8 Å². The second kappa shape index (κ2) is 11.8. The molecule has 0 saturated carbocycles. The fraction of sp³-hybridized carbons (Fsp3) is 0.355. The van der Waals surface area contributed by atoms with Gasteiger partial charge in [0.05, 0.1) is 0 Å². The Morgan fingerprint density at radius 3 is 1.86 bits per heavy atom. The minimum atomic E-state index is -0.608. The summed E-state index contributed by atoms with van der Waals surface area (Å²) in [6, 6.07) is 25.8. The van der Waals surface area contributed by atoms with Crippen molar-refractivity contribution in [1.82, 2.24) is 10.2 Å². The molecule has 184 valence electrons. The van der Waals surface area contributed by atoms with Gasteiger partial charge in [-0.3, -0.25) is 9.59 Å². The molecular formula is C31H38N2O2. The fourth-order valence-corrected chi connectivity index (χ4v) is 4.05. The van der Waals surface area contributed by atoms with Crippen LogP contribution in [0.4, 0.5) is 0 Å². The van der Waals surface area contributed by atoms with Gasteiger partial charge in [-0.25, -0.2) is 0 Å². The first-order chi connectivity index (χ1) is 16.6. The van der Waals surface area contributed by atoms with Crippen molar-refractivity contribution in [2.45, 2.75) is 72.0 Å². The molecule has 0 saturated heterocycles. The van der Waals surface area contributed by atoms with Gasteiger partial charge in [-0.1, -0.05) is 90.0 Å². The maximum Gasteiger partial charge on any atom is 0.243 e. The number of hydrogen-bond donors (Lipinski definition) is 1. The van der Waals surface area contributed by atoms with Crippen LogP contribution in [0, 0.1) is 13.8 Å². The molecule has 1 unspecified atom stereocenters. The van der Waals surface area contributed by atoms with Crippen LogP contribution in [0.15, 0.2) is 78.9 Å². The molecule has 1 atom stereocenters. The summed E-state index contributed by atoms with van der Waals surface area (Å²) in [5.41, 5.74) is 5.13. The Labute approximate surface area is 210 Å². The van der Waals surface area contributed by atoms with Crippen LogP contribution in [0.3, 0.4) is 0 Å². The van der Waals surface area contributed by atoms with Gasteiger partial charge < -0.3 is 10.2 Å². The van der Waals surface area contributed by atoms with Crippen molar-refractivity contribution in [3.05, 3.63) is 107 Å². The molecule has 0 aliphatic carbocycles. The Hall–Kier alpha value is -3.40. The van der Waals surface area contributed by atoms with Crippen molar-refractivity contribution in [2.75, 3.05) is 0 Å². The van der Waals surface area contributed by atoms with Crippen molar-refractivity contribution in [3.8, 4) is 0 Å². The van der Waals surface area contributed by atoms with Crippen molar-refractivity contribution in [3.63, 3.8) is 0 Å². The van der Waals surface area contributed by atoms with Crippen LogP contribution >= 0.6 is 0 Å². The molecule has 0 fully saturated rings. The van der Waals surface area contributed by atoms with Gasteiger partial charge in [-0.2, -0.15) is 0 Å².